The van der Waals surface area contributed by atoms with Crippen LogP contribution in [0.3, 0.4) is 0 Å². The van der Waals surface area contributed by atoms with Crippen molar-refractivity contribution in [1.82, 2.24) is 4.90 Å². The van der Waals surface area contributed by atoms with E-state index in [2.05, 4.69) is 4.90 Å². The number of rotatable bonds is 5. The van der Waals surface area contributed by atoms with Gasteiger partial charge < -0.3 is 15.2 Å². The summed E-state index contributed by atoms with van der Waals surface area (Å²) in [4.78, 5) is 2.59. The van der Waals surface area contributed by atoms with E-state index in [1.807, 2.05) is 0 Å². The molecule has 0 bridgehead atoms. The molecule has 0 aromatic heterocycles. The second-order valence-corrected chi connectivity index (χ2v) is 5.60. The van der Waals surface area contributed by atoms with Crippen LogP contribution in [0.4, 0.5) is 0 Å². The number of nitrogens with two attached hydrogens (primary N) is 1. The molecule has 1 aliphatic carbocycles. The summed E-state index contributed by atoms with van der Waals surface area (Å²) < 4.78 is 10.7. The SMILES string of the molecule is COCC1CCCN(C2(CN)CC(OC)C2)C1. The Balaban J connectivity index is 1.91. The largest absolute Gasteiger partial charge is 0.384 e. The number of hydrogen-bond donors (Lipinski definition) is 1. The van der Waals surface area contributed by atoms with Gasteiger partial charge in [0, 0.05) is 32.8 Å². The van der Waals surface area contributed by atoms with Crippen LogP contribution in [0.15, 0.2) is 0 Å². The van der Waals surface area contributed by atoms with Crippen molar-refractivity contribution in [2.45, 2.75) is 37.3 Å². The first-order valence-corrected chi connectivity index (χ1v) is 6.71. The highest BCUT2D eigenvalue weighted by atomic mass is 16.5. The van der Waals surface area contributed by atoms with Crippen LogP contribution in [0.2, 0.25) is 0 Å². The molecule has 1 unspecified atom stereocenters. The number of piperidine rings is 1. The molecule has 0 aromatic carbocycles. The Morgan fingerprint density at radius 1 is 1.35 bits per heavy atom. The molecule has 1 heterocycles. The molecule has 2 rings (SSSR count). The molecule has 1 aliphatic heterocycles. The van der Waals surface area contributed by atoms with E-state index in [4.69, 9.17) is 15.2 Å². The number of hydrogen-bond acceptors (Lipinski definition) is 4. The molecule has 4 nitrogen and oxygen atoms in total. The summed E-state index contributed by atoms with van der Waals surface area (Å²) in [5.41, 5.74) is 6.22. The first-order chi connectivity index (χ1) is 8.24. The van der Waals surface area contributed by atoms with Gasteiger partial charge in [-0.2, -0.15) is 0 Å². The lowest BCUT2D eigenvalue weighted by atomic mass is 9.71. The summed E-state index contributed by atoms with van der Waals surface area (Å²) >= 11 is 0. The fraction of sp³-hybridized carbons (Fsp3) is 1.00. The number of likely N-dealkylation sites (tertiary alicyclic amines) is 1. The summed E-state index contributed by atoms with van der Waals surface area (Å²) in [6.07, 6.45) is 5.17. The van der Waals surface area contributed by atoms with Crippen LogP contribution in [0.5, 0.6) is 0 Å². The van der Waals surface area contributed by atoms with Gasteiger partial charge in [-0.3, -0.25) is 4.90 Å². The molecule has 0 aromatic rings. The van der Waals surface area contributed by atoms with Gasteiger partial charge in [-0.15, -0.1) is 0 Å². The fourth-order valence-electron chi connectivity index (χ4n) is 3.38. The minimum atomic E-state index is 0.215. The smallest absolute Gasteiger partial charge is 0.0607 e. The van der Waals surface area contributed by atoms with E-state index in [1.165, 1.54) is 19.4 Å². The maximum absolute atomic E-state index is 6.01. The highest BCUT2D eigenvalue weighted by Crippen LogP contribution is 2.40. The third kappa shape index (κ3) is 2.65. The van der Waals surface area contributed by atoms with Gasteiger partial charge in [0.15, 0.2) is 0 Å². The lowest BCUT2D eigenvalue weighted by Crippen LogP contribution is -2.65. The third-order valence-electron chi connectivity index (χ3n) is 4.52. The van der Waals surface area contributed by atoms with Gasteiger partial charge in [-0.1, -0.05) is 0 Å². The van der Waals surface area contributed by atoms with Crippen LogP contribution in [0, 0.1) is 5.92 Å². The first kappa shape index (κ1) is 13.3. The zero-order chi connectivity index (χ0) is 12.3. The average molecular weight is 242 g/mol. The predicted octanol–water partition coefficient (Wildman–Crippen LogP) is 0.851. The Morgan fingerprint density at radius 3 is 2.71 bits per heavy atom. The Hall–Kier alpha value is -0.160. The minimum Gasteiger partial charge on any atom is -0.384 e. The van der Waals surface area contributed by atoms with Gasteiger partial charge in [0.2, 0.25) is 0 Å². The van der Waals surface area contributed by atoms with Gasteiger partial charge in [-0.25, -0.2) is 0 Å². The van der Waals surface area contributed by atoms with Crippen molar-refractivity contribution in [1.29, 1.82) is 0 Å². The molecule has 4 heteroatoms. The first-order valence-electron chi connectivity index (χ1n) is 6.71. The quantitative estimate of drug-likeness (QED) is 0.776. The molecule has 1 saturated carbocycles. The normalized spacial score (nSPS) is 39.0. The van der Waals surface area contributed by atoms with Crippen molar-refractivity contribution in [3.63, 3.8) is 0 Å². The lowest BCUT2D eigenvalue weighted by molar-refractivity contribution is -0.102. The summed E-state index contributed by atoms with van der Waals surface area (Å²) in [5.74, 6) is 0.679. The van der Waals surface area contributed by atoms with Crippen molar-refractivity contribution in [2.75, 3.05) is 40.5 Å². The third-order valence-corrected chi connectivity index (χ3v) is 4.52. The molecular formula is C13H26N2O2. The van der Waals surface area contributed by atoms with Crippen molar-refractivity contribution < 1.29 is 9.47 Å². The van der Waals surface area contributed by atoms with Crippen LogP contribution < -0.4 is 5.73 Å². The molecule has 2 aliphatic rings. The van der Waals surface area contributed by atoms with E-state index in [-0.39, 0.29) is 5.54 Å². The Labute approximate surface area is 104 Å². The zero-order valence-electron chi connectivity index (χ0n) is 11.2. The monoisotopic (exact) mass is 242 g/mol. The van der Waals surface area contributed by atoms with Crippen LogP contribution in [0.25, 0.3) is 0 Å². The van der Waals surface area contributed by atoms with Crippen LogP contribution in [-0.4, -0.2) is 57.0 Å². The number of nitrogens with zero attached hydrogens (tertiary/aromatic N) is 1. The van der Waals surface area contributed by atoms with Crippen molar-refractivity contribution in [3.05, 3.63) is 0 Å². The molecule has 0 amide bonds. The second-order valence-electron chi connectivity index (χ2n) is 5.60. The van der Waals surface area contributed by atoms with E-state index >= 15 is 0 Å². The Kier molecular flexibility index (Phi) is 4.42. The average Bonchev–Trinajstić information content (AvgIpc) is 2.30. The molecular weight excluding hydrogens is 216 g/mol. The molecule has 0 radical (unpaired) electrons. The van der Waals surface area contributed by atoms with Crippen LogP contribution in [0.1, 0.15) is 25.7 Å². The van der Waals surface area contributed by atoms with Crippen LogP contribution in [-0.2, 0) is 9.47 Å². The van der Waals surface area contributed by atoms with Crippen molar-refractivity contribution in [2.24, 2.45) is 11.7 Å². The molecule has 1 atom stereocenters. The maximum atomic E-state index is 6.01. The lowest BCUT2D eigenvalue weighted by Gasteiger charge is -2.55. The fourth-order valence-corrected chi connectivity index (χ4v) is 3.38. The summed E-state index contributed by atoms with van der Waals surface area (Å²) in [7, 11) is 3.59. The summed E-state index contributed by atoms with van der Waals surface area (Å²) in [5, 5.41) is 0. The van der Waals surface area contributed by atoms with Gasteiger partial charge in [0.25, 0.3) is 0 Å². The van der Waals surface area contributed by atoms with E-state index < -0.39 is 0 Å². The van der Waals surface area contributed by atoms with E-state index in [0.29, 0.717) is 12.0 Å². The van der Waals surface area contributed by atoms with E-state index in [1.54, 1.807) is 14.2 Å². The van der Waals surface area contributed by atoms with Crippen molar-refractivity contribution >= 4 is 0 Å². The maximum Gasteiger partial charge on any atom is 0.0607 e. The molecule has 0 spiro atoms. The highest BCUT2D eigenvalue weighted by Gasteiger charge is 2.48. The van der Waals surface area contributed by atoms with E-state index in [0.717, 1.165) is 32.5 Å². The predicted molar refractivity (Wildman–Crippen MR) is 68.0 cm³/mol. The van der Waals surface area contributed by atoms with E-state index in [9.17, 15) is 0 Å². The number of ether oxygens (including phenoxy) is 2. The standard InChI is InChI=1S/C13H26N2O2/c1-16-9-11-4-3-5-15(8-11)13(10-14)6-12(7-13)17-2/h11-12H,3-10,14H2,1-2H3. The molecule has 2 N–H and O–H groups in total. The zero-order valence-corrected chi connectivity index (χ0v) is 11.2. The molecule has 17 heavy (non-hydrogen) atoms. The topological polar surface area (TPSA) is 47.7 Å². The van der Waals surface area contributed by atoms with Gasteiger partial charge >= 0.3 is 0 Å². The Bertz CT molecular complexity index is 240. The van der Waals surface area contributed by atoms with Crippen LogP contribution >= 0.6 is 0 Å². The second kappa shape index (κ2) is 5.65. The summed E-state index contributed by atoms with van der Waals surface area (Å²) in [6.45, 7) is 3.97. The summed E-state index contributed by atoms with van der Waals surface area (Å²) in [6, 6.07) is 0. The molecule has 1 saturated heterocycles. The van der Waals surface area contributed by atoms with Crippen molar-refractivity contribution in [3.8, 4) is 0 Å². The number of methoxy groups -OCH3 is 2. The highest BCUT2D eigenvalue weighted by molar-refractivity contribution is 5.05. The Morgan fingerprint density at radius 2 is 2.12 bits per heavy atom. The van der Waals surface area contributed by atoms with Gasteiger partial charge in [0.1, 0.15) is 0 Å². The molecule has 2 fully saturated rings. The van der Waals surface area contributed by atoms with Gasteiger partial charge in [-0.05, 0) is 38.1 Å². The minimum absolute atomic E-state index is 0.215. The molecule has 100 valence electrons. The van der Waals surface area contributed by atoms with Gasteiger partial charge in [0.05, 0.1) is 12.7 Å².